The number of pyridine rings is 1. The van der Waals surface area contributed by atoms with E-state index in [1.165, 1.54) is 0 Å². The Labute approximate surface area is 144 Å². The molecule has 0 bridgehead atoms. The highest BCUT2D eigenvalue weighted by molar-refractivity contribution is 5.96. The second kappa shape index (κ2) is 11.0. The van der Waals surface area contributed by atoms with Crippen molar-refractivity contribution in [3.63, 3.8) is 0 Å². The van der Waals surface area contributed by atoms with E-state index in [0.29, 0.717) is 44.4 Å². The second-order valence-electron chi connectivity index (χ2n) is 5.65. The first-order valence-corrected chi connectivity index (χ1v) is 8.67. The normalized spacial score (nSPS) is 13.3. The van der Waals surface area contributed by atoms with Crippen LogP contribution in [0.1, 0.15) is 47.0 Å². The average molecular weight is 338 g/mol. The summed E-state index contributed by atoms with van der Waals surface area (Å²) in [6.45, 7) is 9.90. The highest BCUT2D eigenvalue weighted by Crippen LogP contribution is 2.22. The third kappa shape index (κ3) is 6.84. The molecule has 0 radical (unpaired) electrons. The summed E-state index contributed by atoms with van der Waals surface area (Å²) in [5, 5.41) is 2.87. The molecule has 0 aromatic carbocycles. The van der Waals surface area contributed by atoms with Crippen molar-refractivity contribution in [3.05, 3.63) is 18.3 Å². The molecule has 0 unspecified atom stereocenters. The first-order valence-electron chi connectivity index (χ1n) is 8.67. The smallest absolute Gasteiger partial charge is 0.256 e. The van der Waals surface area contributed by atoms with Crippen molar-refractivity contribution in [1.82, 2.24) is 4.98 Å². The summed E-state index contributed by atoms with van der Waals surface area (Å²) in [7, 11) is 0. The summed E-state index contributed by atoms with van der Waals surface area (Å²) in [6.07, 6.45) is 4.23. The van der Waals surface area contributed by atoms with Crippen LogP contribution in [0.2, 0.25) is 0 Å². The number of hydrogen-bond acceptors (Lipinski definition) is 5. The van der Waals surface area contributed by atoms with Gasteiger partial charge >= 0.3 is 0 Å². The molecule has 0 spiro atoms. The van der Waals surface area contributed by atoms with Gasteiger partial charge in [0.25, 0.3) is 5.91 Å². The minimum absolute atomic E-state index is 0.149. The van der Waals surface area contributed by atoms with Gasteiger partial charge < -0.3 is 19.5 Å². The molecule has 6 nitrogen and oxygen atoms in total. The van der Waals surface area contributed by atoms with Gasteiger partial charge in [0.15, 0.2) is 0 Å². The molecule has 136 valence electrons. The van der Waals surface area contributed by atoms with E-state index in [1.54, 1.807) is 18.3 Å². The van der Waals surface area contributed by atoms with Crippen molar-refractivity contribution >= 4 is 11.6 Å². The lowest BCUT2D eigenvalue weighted by atomic mass is 9.97. The predicted octanol–water partition coefficient (Wildman–Crippen LogP) is 3.42. The quantitative estimate of drug-likeness (QED) is 0.591. The van der Waals surface area contributed by atoms with E-state index in [1.807, 2.05) is 20.8 Å². The number of hydrogen-bond donors (Lipinski definition) is 1. The molecular formula is C18H30N2O4. The van der Waals surface area contributed by atoms with E-state index in [0.717, 1.165) is 12.8 Å². The molecule has 0 aliphatic carbocycles. The van der Waals surface area contributed by atoms with Crippen LogP contribution in [-0.2, 0) is 14.3 Å². The molecule has 0 saturated heterocycles. The van der Waals surface area contributed by atoms with Gasteiger partial charge in [-0.1, -0.05) is 19.8 Å². The Hall–Kier alpha value is -1.66. The van der Waals surface area contributed by atoms with Gasteiger partial charge in [-0.2, -0.15) is 0 Å². The molecule has 24 heavy (non-hydrogen) atoms. The fourth-order valence-corrected chi connectivity index (χ4v) is 2.24. The third-order valence-corrected chi connectivity index (χ3v) is 3.63. The van der Waals surface area contributed by atoms with E-state index in [4.69, 9.17) is 14.2 Å². The van der Waals surface area contributed by atoms with Crippen LogP contribution in [0.5, 0.6) is 5.88 Å². The molecule has 1 atom stereocenters. The van der Waals surface area contributed by atoms with E-state index in [-0.39, 0.29) is 5.91 Å². The van der Waals surface area contributed by atoms with Crippen LogP contribution in [0.4, 0.5) is 5.69 Å². The number of amides is 1. The Kier molecular flexibility index (Phi) is 9.34. The van der Waals surface area contributed by atoms with Crippen molar-refractivity contribution in [1.29, 1.82) is 0 Å². The summed E-state index contributed by atoms with van der Waals surface area (Å²) in [4.78, 5) is 16.7. The maximum atomic E-state index is 12.5. The van der Waals surface area contributed by atoms with Gasteiger partial charge in [0.1, 0.15) is 12.2 Å². The van der Waals surface area contributed by atoms with Crippen LogP contribution in [0.25, 0.3) is 0 Å². The minimum Gasteiger partial charge on any atom is -0.475 e. The first kappa shape index (κ1) is 20.4. The zero-order chi connectivity index (χ0) is 17.8. The standard InChI is InChI=1S/C18H30N2O4/c1-5-8-11-18(4,24-7-3)17(21)20-15-9-10-16(19-14-15)23-13-12-22-6-2/h9-10,14H,5-8,11-13H2,1-4H3,(H,20,21)/t18-/m1/s1. The maximum Gasteiger partial charge on any atom is 0.256 e. The van der Waals surface area contributed by atoms with Crippen molar-refractivity contribution in [2.45, 2.75) is 52.6 Å². The fraction of sp³-hybridized carbons (Fsp3) is 0.667. The zero-order valence-corrected chi connectivity index (χ0v) is 15.3. The average Bonchev–Trinajstić information content (AvgIpc) is 2.58. The number of carbonyl (C=O) groups excluding carboxylic acids is 1. The number of anilines is 1. The largest absolute Gasteiger partial charge is 0.475 e. The molecule has 1 aromatic heterocycles. The monoisotopic (exact) mass is 338 g/mol. The maximum absolute atomic E-state index is 12.5. The van der Waals surface area contributed by atoms with Gasteiger partial charge in [0.05, 0.1) is 18.5 Å². The Morgan fingerprint density at radius 3 is 2.58 bits per heavy atom. The van der Waals surface area contributed by atoms with Gasteiger partial charge in [-0.25, -0.2) is 4.98 Å². The molecule has 1 rings (SSSR count). The Balaban J connectivity index is 2.58. The van der Waals surface area contributed by atoms with E-state index < -0.39 is 5.60 Å². The highest BCUT2D eigenvalue weighted by Gasteiger charge is 2.33. The number of unbranched alkanes of at least 4 members (excludes halogenated alkanes) is 1. The molecule has 6 heteroatoms. The van der Waals surface area contributed by atoms with Crippen molar-refractivity contribution in [3.8, 4) is 5.88 Å². The summed E-state index contributed by atoms with van der Waals surface area (Å²) >= 11 is 0. The van der Waals surface area contributed by atoms with E-state index in [2.05, 4.69) is 17.2 Å². The number of nitrogens with one attached hydrogen (secondary N) is 1. The second-order valence-corrected chi connectivity index (χ2v) is 5.65. The van der Waals surface area contributed by atoms with Crippen LogP contribution >= 0.6 is 0 Å². The Morgan fingerprint density at radius 1 is 1.21 bits per heavy atom. The van der Waals surface area contributed by atoms with Crippen LogP contribution < -0.4 is 10.1 Å². The molecule has 1 aromatic rings. The molecule has 0 aliphatic heterocycles. The summed E-state index contributed by atoms with van der Waals surface area (Å²) in [5.74, 6) is 0.357. The summed E-state index contributed by atoms with van der Waals surface area (Å²) < 4.78 is 16.3. The van der Waals surface area contributed by atoms with Crippen molar-refractivity contribution < 1.29 is 19.0 Å². The van der Waals surface area contributed by atoms with Crippen LogP contribution in [0.15, 0.2) is 18.3 Å². The van der Waals surface area contributed by atoms with Gasteiger partial charge in [-0.05, 0) is 33.3 Å². The SMILES string of the molecule is CCCC[C@@](C)(OCC)C(=O)Nc1ccc(OCCOCC)nc1. The zero-order valence-electron chi connectivity index (χ0n) is 15.3. The molecule has 1 N–H and O–H groups in total. The van der Waals surface area contributed by atoms with Gasteiger partial charge in [-0.15, -0.1) is 0 Å². The van der Waals surface area contributed by atoms with Crippen molar-refractivity contribution in [2.24, 2.45) is 0 Å². The number of rotatable bonds is 12. The van der Waals surface area contributed by atoms with Crippen LogP contribution in [0, 0.1) is 0 Å². The number of aromatic nitrogens is 1. The number of carbonyl (C=O) groups is 1. The lowest BCUT2D eigenvalue weighted by Crippen LogP contribution is -2.42. The van der Waals surface area contributed by atoms with Crippen LogP contribution in [0.3, 0.4) is 0 Å². The van der Waals surface area contributed by atoms with Gasteiger partial charge in [0.2, 0.25) is 5.88 Å². The van der Waals surface area contributed by atoms with Gasteiger partial charge in [0, 0.05) is 19.3 Å². The van der Waals surface area contributed by atoms with E-state index in [9.17, 15) is 4.79 Å². The fourth-order valence-electron chi connectivity index (χ4n) is 2.24. The molecule has 0 saturated carbocycles. The topological polar surface area (TPSA) is 69.7 Å². The highest BCUT2D eigenvalue weighted by atomic mass is 16.5. The molecule has 0 fully saturated rings. The molecular weight excluding hydrogens is 308 g/mol. The molecule has 0 aliphatic rings. The summed E-state index contributed by atoms with van der Waals surface area (Å²) in [6, 6.07) is 3.50. The lowest BCUT2D eigenvalue weighted by molar-refractivity contribution is -0.139. The molecule has 1 heterocycles. The minimum atomic E-state index is -0.822. The van der Waals surface area contributed by atoms with Crippen molar-refractivity contribution in [2.75, 3.05) is 31.7 Å². The number of nitrogens with zero attached hydrogens (tertiary/aromatic N) is 1. The van der Waals surface area contributed by atoms with Crippen LogP contribution in [-0.4, -0.2) is 42.9 Å². The number of ether oxygens (including phenoxy) is 3. The predicted molar refractivity (Wildman–Crippen MR) is 94.4 cm³/mol. The van der Waals surface area contributed by atoms with Gasteiger partial charge in [-0.3, -0.25) is 4.79 Å². The Bertz CT molecular complexity index is 478. The van der Waals surface area contributed by atoms with E-state index >= 15 is 0 Å². The lowest BCUT2D eigenvalue weighted by Gasteiger charge is -2.28. The molecule has 1 amide bonds. The third-order valence-electron chi connectivity index (χ3n) is 3.63. The summed E-state index contributed by atoms with van der Waals surface area (Å²) in [5.41, 5.74) is -0.197. The Morgan fingerprint density at radius 2 is 2.00 bits per heavy atom. The first-order chi connectivity index (χ1) is 11.6.